The first kappa shape index (κ1) is 12.4. The number of hydrogen-bond donors (Lipinski definition) is 2. The van der Waals surface area contributed by atoms with E-state index in [0.29, 0.717) is 23.7 Å². The van der Waals surface area contributed by atoms with Crippen LogP contribution in [-0.2, 0) is 20.6 Å². The van der Waals surface area contributed by atoms with Crippen LogP contribution in [0.15, 0.2) is 9.59 Å². The predicted molar refractivity (Wildman–Crippen MR) is 68.3 cm³/mol. The van der Waals surface area contributed by atoms with Crippen LogP contribution in [0.2, 0.25) is 0 Å². The van der Waals surface area contributed by atoms with Gasteiger partial charge in [-0.25, -0.2) is 10.6 Å². The van der Waals surface area contributed by atoms with E-state index in [0.717, 1.165) is 11.0 Å². The molecule has 8 nitrogen and oxygen atoms in total. The number of anilines is 1. The highest BCUT2D eigenvalue weighted by Gasteiger charge is 2.17. The normalized spacial score (nSPS) is 11.1. The van der Waals surface area contributed by atoms with Crippen LogP contribution in [0.5, 0.6) is 0 Å². The Kier molecular flexibility index (Phi) is 2.95. The molecule has 0 atom stereocenters. The summed E-state index contributed by atoms with van der Waals surface area (Å²) in [5.74, 6) is 5.68. The van der Waals surface area contributed by atoms with Crippen LogP contribution in [0.25, 0.3) is 11.2 Å². The summed E-state index contributed by atoms with van der Waals surface area (Å²) < 4.78 is 4.11. The topological polar surface area (TPSA) is 99.9 Å². The van der Waals surface area contributed by atoms with Crippen LogP contribution < -0.4 is 22.5 Å². The molecule has 0 spiro atoms. The number of rotatable bonds is 3. The second kappa shape index (κ2) is 4.30. The van der Waals surface area contributed by atoms with Crippen molar-refractivity contribution in [3.63, 3.8) is 0 Å². The van der Waals surface area contributed by atoms with Crippen LogP contribution in [0.1, 0.15) is 13.3 Å². The van der Waals surface area contributed by atoms with Gasteiger partial charge in [-0.1, -0.05) is 6.92 Å². The average molecular weight is 252 g/mol. The molecule has 2 aromatic heterocycles. The van der Waals surface area contributed by atoms with Crippen molar-refractivity contribution in [1.29, 1.82) is 0 Å². The van der Waals surface area contributed by atoms with Crippen LogP contribution in [0.3, 0.4) is 0 Å². The van der Waals surface area contributed by atoms with Gasteiger partial charge in [0.2, 0.25) is 5.95 Å². The highest BCUT2D eigenvalue weighted by Crippen LogP contribution is 2.12. The van der Waals surface area contributed by atoms with Gasteiger partial charge in [-0.3, -0.25) is 19.4 Å². The van der Waals surface area contributed by atoms with Gasteiger partial charge in [0.15, 0.2) is 11.2 Å². The van der Waals surface area contributed by atoms with Crippen LogP contribution in [0.4, 0.5) is 5.95 Å². The number of hydrazine groups is 1. The van der Waals surface area contributed by atoms with Crippen molar-refractivity contribution in [3.05, 3.63) is 20.8 Å². The Morgan fingerprint density at radius 2 is 1.94 bits per heavy atom. The SMILES string of the molecule is CCCn1c(=O)n(C)c(=O)c2c1nc(NN)n2C. The molecule has 18 heavy (non-hydrogen) atoms. The maximum Gasteiger partial charge on any atom is 0.332 e. The molecule has 2 aromatic rings. The second-order valence-corrected chi connectivity index (χ2v) is 4.11. The summed E-state index contributed by atoms with van der Waals surface area (Å²) in [5, 5.41) is 0. The Morgan fingerprint density at radius 1 is 1.28 bits per heavy atom. The van der Waals surface area contributed by atoms with Crippen molar-refractivity contribution in [3.8, 4) is 0 Å². The van der Waals surface area contributed by atoms with Crippen LogP contribution in [-0.4, -0.2) is 18.7 Å². The minimum atomic E-state index is -0.376. The summed E-state index contributed by atoms with van der Waals surface area (Å²) in [4.78, 5) is 28.3. The lowest BCUT2D eigenvalue weighted by Crippen LogP contribution is -2.38. The molecule has 0 bridgehead atoms. The van der Waals surface area contributed by atoms with Gasteiger partial charge in [0.1, 0.15) is 0 Å². The smallest absolute Gasteiger partial charge is 0.306 e. The summed E-state index contributed by atoms with van der Waals surface area (Å²) in [6.07, 6.45) is 0.773. The molecule has 0 aliphatic rings. The maximum absolute atomic E-state index is 12.1. The van der Waals surface area contributed by atoms with Gasteiger partial charge in [0, 0.05) is 20.6 Å². The van der Waals surface area contributed by atoms with E-state index in [-0.39, 0.29) is 11.2 Å². The zero-order chi connectivity index (χ0) is 13.4. The third kappa shape index (κ3) is 1.53. The van der Waals surface area contributed by atoms with Crippen molar-refractivity contribution in [1.82, 2.24) is 18.7 Å². The Morgan fingerprint density at radius 3 is 2.50 bits per heavy atom. The number of nitrogens with one attached hydrogen (secondary N) is 1. The summed E-state index contributed by atoms with van der Waals surface area (Å²) in [7, 11) is 3.13. The molecule has 2 rings (SSSR count). The fraction of sp³-hybridized carbons (Fsp3) is 0.500. The monoisotopic (exact) mass is 252 g/mol. The Labute approximate surface area is 103 Å². The average Bonchev–Trinajstić information content (AvgIpc) is 2.69. The molecule has 0 amide bonds. The number of aryl methyl sites for hydroxylation is 2. The fourth-order valence-corrected chi connectivity index (χ4v) is 1.98. The molecule has 0 aromatic carbocycles. The quantitative estimate of drug-likeness (QED) is 0.546. The first-order valence-electron chi connectivity index (χ1n) is 5.65. The Bertz CT molecular complexity index is 708. The van der Waals surface area contributed by atoms with Gasteiger partial charge in [-0.15, -0.1) is 0 Å². The molecule has 0 aliphatic heterocycles. The minimum Gasteiger partial charge on any atom is -0.306 e. The molecule has 98 valence electrons. The Balaban J connectivity index is 3.00. The van der Waals surface area contributed by atoms with E-state index in [1.807, 2.05) is 6.92 Å². The van der Waals surface area contributed by atoms with Crippen molar-refractivity contribution in [2.75, 3.05) is 5.43 Å². The molecule has 0 radical (unpaired) electrons. The molecule has 0 unspecified atom stereocenters. The lowest BCUT2D eigenvalue weighted by molar-refractivity contribution is 0.610. The largest absolute Gasteiger partial charge is 0.332 e. The standard InChI is InChI=1S/C10H16N6O2/c1-4-5-16-7-6(8(17)15(3)10(16)18)14(2)9(12-7)13-11/h4-5,11H2,1-3H3,(H,12,13). The van der Waals surface area contributed by atoms with E-state index in [2.05, 4.69) is 10.4 Å². The first-order chi connectivity index (χ1) is 8.52. The van der Waals surface area contributed by atoms with Gasteiger partial charge in [-0.05, 0) is 6.42 Å². The zero-order valence-corrected chi connectivity index (χ0v) is 10.6. The Hall–Kier alpha value is -2.09. The lowest BCUT2D eigenvalue weighted by Gasteiger charge is -2.07. The summed E-state index contributed by atoms with van der Waals surface area (Å²) in [6.45, 7) is 2.46. The van der Waals surface area contributed by atoms with Gasteiger partial charge in [0.05, 0.1) is 0 Å². The van der Waals surface area contributed by atoms with Crippen LogP contribution in [0, 0.1) is 0 Å². The fourth-order valence-electron chi connectivity index (χ4n) is 1.98. The van der Waals surface area contributed by atoms with Crippen molar-refractivity contribution in [2.24, 2.45) is 19.9 Å². The third-order valence-corrected chi connectivity index (χ3v) is 2.93. The highest BCUT2D eigenvalue weighted by atomic mass is 16.2. The third-order valence-electron chi connectivity index (χ3n) is 2.93. The summed E-state index contributed by atoms with van der Waals surface area (Å²) in [5.41, 5.74) is 2.39. The molecule has 8 heteroatoms. The van der Waals surface area contributed by atoms with E-state index in [9.17, 15) is 9.59 Å². The van der Waals surface area contributed by atoms with Gasteiger partial charge < -0.3 is 4.57 Å². The van der Waals surface area contributed by atoms with E-state index in [4.69, 9.17) is 5.84 Å². The lowest BCUT2D eigenvalue weighted by atomic mass is 10.4. The number of aromatic nitrogens is 4. The molecule has 2 heterocycles. The number of fused-ring (bicyclic) bond motifs is 1. The molecule has 3 N–H and O–H groups in total. The van der Waals surface area contributed by atoms with Gasteiger partial charge in [-0.2, -0.15) is 4.98 Å². The number of nitrogens with two attached hydrogens (primary N) is 1. The minimum absolute atomic E-state index is 0.345. The molecule has 0 saturated carbocycles. The van der Waals surface area contributed by atoms with Crippen molar-refractivity contribution in [2.45, 2.75) is 19.9 Å². The highest BCUT2D eigenvalue weighted by molar-refractivity contribution is 5.74. The first-order valence-corrected chi connectivity index (χ1v) is 5.65. The molecule has 0 fully saturated rings. The molecular weight excluding hydrogens is 236 g/mol. The number of nitrogen functional groups attached to an aromatic ring is 1. The molecule has 0 aliphatic carbocycles. The van der Waals surface area contributed by atoms with E-state index >= 15 is 0 Å². The second-order valence-electron chi connectivity index (χ2n) is 4.11. The maximum atomic E-state index is 12.1. The number of nitrogens with zero attached hydrogens (tertiary/aromatic N) is 4. The number of hydrogen-bond acceptors (Lipinski definition) is 5. The van der Waals surface area contributed by atoms with E-state index in [1.165, 1.54) is 11.6 Å². The molecule has 0 saturated heterocycles. The van der Waals surface area contributed by atoms with E-state index < -0.39 is 0 Å². The van der Waals surface area contributed by atoms with Gasteiger partial charge in [0.25, 0.3) is 5.56 Å². The van der Waals surface area contributed by atoms with Gasteiger partial charge >= 0.3 is 5.69 Å². The van der Waals surface area contributed by atoms with Crippen molar-refractivity contribution < 1.29 is 0 Å². The van der Waals surface area contributed by atoms with Crippen LogP contribution >= 0.6 is 0 Å². The number of imidazole rings is 1. The van der Waals surface area contributed by atoms with Crippen molar-refractivity contribution >= 4 is 17.1 Å². The summed E-state index contributed by atoms with van der Waals surface area (Å²) >= 11 is 0. The summed E-state index contributed by atoms with van der Waals surface area (Å²) in [6, 6.07) is 0. The van der Waals surface area contributed by atoms with E-state index in [1.54, 1.807) is 11.6 Å². The predicted octanol–water partition coefficient (Wildman–Crippen LogP) is -0.871. The zero-order valence-electron chi connectivity index (χ0n) is 10.6. The molecular formula is C10H16N6O2.